The molecule has 1 rings (SSSR count). The minimum Gasteiger partial charge on any atom is -0.547 e. The van der Waals surface area contributed by atoms with E-state index < -0.39 is 8.32 Å². The molecule has 1 aliphatic heterocycles. The number of rotatable bonds is 5. The Morgan fingerprint density at radius 1 is 1.37 bits per heavy atom. The molecule has 0 spiro atoms. The van der Waals surface area contributed by atoms with Gasteiger partial charge < -0.3 is 14.1 Å². The van der Waals surface area contributed by atoms with Crippen LogP contribution in [-0.4, -0.2) is 39.0 Å². The van der Waals surface area contributed by atoms with Crippen LogP contribution in [0.2, 0.25) is 19.6 Å². The number of carbonyl (C=O) groups is 1. The van der Waals surface area contributed by atoms with Gasteiger partial charge in [-0.1, -0.05) is 13.3 Å². The van der Waals surface area contributed by atoms with Crippen LogP contribution in [0.15, 0.2) is 11.3 Å². The van der Waals surface area contributed by atoms with E-state index in [1.54, 1.807) is 4.90 Å². The predicted octanol–water partition coefficient (Wildman–Crippen LogP) is 3.75. The Kier molecular flexibility index (Phi) is 5.91. The van der Waals surface area contributed by atoms with E-state index in [0.29, 0.717) is 19.7 Å². The largest absolute Gasteiger partial charge is 0.547 e. The fourth-order valence-corrected chi connectivity index (χ4v) is 2.98. The molecule has 1 aliphatic rings. The Morgan fingerprint density at radius 2 is 2.05 bits per heavy atom. The van der Waals surface area contributed by atoms with Gasteiger partial charge in [-0.3, -0.25) is 0 Å². The first-order valence-corrected chi connectivity index (χ1v) is 10.5. The van der Waals surface area contributed by atoms with Crippen molar-refractivity contribution in [2.24, 2.45) is 0 Å². The Bertz CT molecular complexity index is 347. The molecule has 1 heterocycles. The monoisotopic (exact) mass is 285 g/mol. The van der Waals surface area contributed by atoms with Gasteiger partial charge in [0.05, 0.1) is 12.4 Å². The lowest BCUT2D eigenvalue weighted by Crippen LogP contribution is -2.39. The molecule has 0 aromatic heterocycles. The molecule has 0 atom stereocenters. The second-order valence-corrected chi connectivity index (χ2v) is 10.5. The predicted molar refractivity (Wildman–Crippen MR) is 79.6 cm³/mol. The summed E-state index contributed by atoms with van der Waals surface area (Å²) in [7, 11) is -1.55. The molecule has 4 nitrogen and oxygen atoms in total. The molecule has 0 saturated heterocycles. The smallest absolute Gasteiger partial charge is 0.410 e. The first kappa shape index (κ1) is 16.1. The SMILES string of the molecule is CCCCOC(=O)N1CCC(O[Si](C)(C)C)=C(C)C1. The molecular formula is C14H27NO3Si. The van der Waals surface area contributed by atoms with Gasteiger partial charge >= 0.3 is 6.09 Å². The minimum absolute atomic E-state index is 0.195. The molecule has 0 radical (unpaired) electrons. The lowest BCUT2D eigenvalue weighted by molar-refractivity contribution is 0.100. The van der Waals surface area contributed by atoms with Crippen LogP contribution in [0.5, 0.6) is 0 Å². The van der Waals surface area contributed by atoms with Crippen molar-refractivity contribution in [1.29, 1.82) is 0 Å². The summed E-state index contributed by atoms with van der Waals surface area (Å²) in [5.41, 5.74) is 1.15. The third-order valence-corrected chi connectivity index (χ3v) is 3.78. The highest BCUT2D eigenvalue weighted by Crippen LogP contribution is 2.23. The van der Waals surface area contributed by atoms with Crippen molar-refractivity contribution in [2.45, 2.75) is 52.8 Å². The van der Waals surface area contributed by atoms with Crippen LogP contribution in [0.1, 0.15) is 33.1 Å². The van der Waals surface area contributed by atoms with E-state index in [4.69, 9.17) is 9.16 Å². The molecule has 0 saturated carbocycles. The molecule has 5 heteroatoms. The van der Waals surface area contributed by atoms with Crippen molar-refractivity contribution in [3.8, 4) is 0 Å². The summed E-state index contributed by atoms with van der Waals surface area (Å²) in [5.74, 6) is 1.08. The quantitative estimate of drug-likeness (QED) is 0.570. The van der Waals surface area contributed by atoms with Crippen molar-refractivity contribution >= 4 is 14.4 Å². The molecule has 1 amide bonds. The van der Waals surface area contributed by atoms with Crippen molar-refractivity contribution in [2.75, 3.05) is 19.7 Å². The number of hydrogen-bond donors (Lipinski definition) is 0. The van der Waals surface area contributed by atoms with E-state index in [1.165, 1.54) is 0 Å². The zero-order chi connectivity index (χ0) is 14.5. The summed E-state index contributed by atoms with van der Waals surface area (Å²) < 4.78 is 11.3. The lowest BCUT2D eigenvalue weighted by atomic mass is 10.1. The number of unbranched alkanes of at least 4 members (excludes halogenated alkanes) is 1. The van der Waals surface area contributed by atoms with Crippen LogP contribution < -0.4 is 0 Å². The summed E-state index contributed by atoms with van der Waals surface area (Å²) in [6.45, 7) is 12.5. The average molecular weight is 285 g/mol. The fraction of sp³-hybridized carbons (Fsp3) is 0.786. The number of carbonyl (C=O) groups excluding carboxylic acids is 1. The maximum Gasteiger partial charge on any atom is 0.410 e. The average Bonchev–Trinajstić information content (AvgIpc) is 2.30. The van der Waals surface area contributed by atoms with Crippen molar-refractivity contribution in [3.05, 3.63) is 11.3 Å². The van der Waals surface area contributed by atoms with Crippen LogP contribution in [0.25, 0.3) is 0 Å². The van der Waals surface area contributed by atoms with Gasteiger partial charge in [0, 0.05) is 19.5 Å². The molecular weight excluding hydrogens is 258 g/mol. The van der Waals surface area contributed by atoms with E-state index in [-0.39, 0.29) is 6.09 Å². The summed E-state index contributed by atoms with van der Waals surface area (Å²) in [4.78, 5) is 13.6. The maximum atomic E-state index is 11.9. The van der Waals surface area contributed by atoms with Crippen LogP contribution >= 0.6 is 0 Å². The summed E-state index contributed by atoms with van der Waals surface area (Å²) in [5, 5.41) is 0. The maximum absolute atomic E-state index is 11.9. The molecule has 0 aliphatic carbocycles. The van der Waals surface area contributed by atoms with E-state index in [2.05, 4.69) is 26.6 Å². The molecule has 0 N–H and O–H groups in total. The first-order chi connectivity index (χ1) is 8.83. The summed E-state index contributed by atoms with van der Waals surface area (Å²) in [6.07, 6.45) is 2.58. The number of ether oxygens (including phenoxy) is 1. The van der Waals surface area contributed by atoms with Crippen LogP contribution in [-0.2, 0) is 9.16 Å². The first-order valence-electron chi connectivity index (χ1n) is 7.13. The topological polar surface area (TPSA) is 38.8 Å². The van der Waals surface area contributed by atoms with Crippen molar-refractivity contribution in [3.63, 3.8) is 0 Å². The summed E-state index contributed by atoms with van der Waals surface area (Å²) >= 11 is 0. The second-order valence-electron chi connectivity index (χ2n) is 6.06. The van der Waals surface area contributed by atoms with Crippen LogP contribution in [0, 0.1) is 0 Å². The van der Waals surface area contributed by atoms with Crippen LogP contribution in [0.3, 0.4) is 0 Å². The van der Waals surface area contributed by atoms with Gasteiger partial charge in [0.25, 0.3) is 0 Å². The van der Waals surface area contributed by atoms with Gasteiger partial charge in [-0.05, 0) is 38.6 Å². The highest BCUT2D eigenvalue weighted by Gasteiger charge is 2.25. The fourth-order valence-electron chi connectivity index (χ4n) is 1.96. The van der Waals surface area contributed by atoms with Gasteiger partial charge in [0.15, 0.2) is 0 Å². The Morgan fingerprint density at radius 3 is 2.58 bits per heavy atom. The van der Waals surface area contributed by atoms with Gasteiger partial charge in [-0.25, -0.2) is 4.79 Å². The molecule has 0 bridgehead atoms. The zero-order valence-electron chi connectivity index (χ0n) is 12.9. The number of amides is 1. The molecule has 19 heavy (non-hydrogen) atoms. The van der Waals surface area contributed by atoms with Gasteiger partial charge in [-0.2, -0.15) is 0 Å². The van der Waals surface area contributed by atoms with E-state index >= 15 is 0 Å². The Hall–Kier alpha value is -0.973. The molecule has 0 unspecified atom stereocenters. The highest BCUT2D eigenvalue weighted by atomic mass is 28.4. The highest BCUT2D eigenvalue weighted by molar-refractivity contribution is 6.70. The zero-order valence-corrected chi connectivity index (χ0v) is 13.9. The van der Waals surface area contributed by atoms with E-state index in [0.717, 1.165) is 30.6 Å². The molecule has 0 aromatic carbocycles. The minimum atomic E-state index is -1.55. The van der Waals surface area contributed by atoms with Crippen LogP contribution in [0.4, 0.5) is 4.79 Å². The van der Waals surface area contributed by atoms with Gasteiger partial charge in [0.2, 0.25) is 8.32 Å². The normalized spacial score (nSPS) is 16.6. The molecule has 110 valence electrons. The van der Waals surface area contributed by atoms with E-state index in [1.807, 2.05) is 6.92 Å². The standard InChI is InChI=1S/C14H27NO3Si/c1-6-7-10-17-14(16)15-9-8-13(12(2)11-15)18-19(3,4)5/h6-11H2,1-5H3. The number of hydrogen-bond acceptors (Lipinski definition) is 3. The Labute approximate surface area is 117 Å². The van der Waals surface area contributed by atoms with Gasteiger partial charge in [0.1, 0.15) is 0 Å². The lowest BCUT2D eigenvalue weighted by Gasteiger charge is -2.32. The van der Waals surface area contributed by atoms with Crippen molar-refractivity contribution < 1.29 is 14.0 Å². The van der Waals surface area contributed by atoms with Gasteiger partial charge in [-0.15, -0.1) is 0 Å². The van der Waals surface area contributed by atoms with E-state index in [9.17, 15) is 4.79 Å². The third kappa shape index (κ3) is 5.68. The number of nitrogens with zero attached hydrogens (tertiary/aromatic N) is 1. The van der Waals surface area contributed by atoms with Crippen molar-refractivity contribution in [1.82, 2.24) is 4.90 Å². The summed E-state index contributed by atoms with van der Waals surface area (Å²) in [6, 6.07) is 0. The second kappa shape index (κ2) is 6.98. The Balaban J connectivity index is 2.50. The molecule has 0 fully saturated rings. The third-order valence-electron chi connectivity index (χ3n) is 2.92. The molecule has 0 aromatic rings.